The fourth-order valence-electron chi connectivity index (χ4n) is 2.71. The Morgan fingerprint density at radius 1 is 0.842 bits per heavy atom. The molecular weight excluding hydrogens is 232 g/mol. The van der Waals surface area contributed by atoms with Crippen molar-refractivity contribution in [3.8, 4) is 0 Å². The smallest absolute Gasteiger partial charge is 0.0963 e. The normalized spacial score (nSPS) is 15.1. The van der Waals surface area contributed by atoms with Crippen LogP contribution in [0.4, 0.5) is 0 Å². The second kappa shape index (κ2) is 12.5. The van der Waals surface area contributed by atoms with Crippen molar-refractivity contribution in [3.63, 3.8) is 0 Å². The van der Waals surface area contributed by atoms with Crippen LogP contribution in [0.1, 0.15) is 90.4 Å². The van der Waals surface area contributed by atoms with E-state index in [1.807, 2.05) is 0 Å². The summed E-state index contributed by atoms with van der Waals surface area (Å²) in [7, 11) is 0. The SMILES string of the molecule is CCCCCCCCCCCCCC1=NCCCN1. The van der Waals surface area contributed by atoms with Crippen LogP contribution in [0.25, 0.3) is 0 Å². The van der Waals surface area contributed by atoms with Gasteiger partial charge in [0.05, 0.1) is 5.84 Å². The maximum Gasteiger partial charge on any atom is 0.0963 e. The van der Waals surface area contributed by atoms with Gasteiger partial charge in [-0.05, 0) is 12.8 Å². The molecule has 0 aliphatic carbocycles. The van der Waals surface area contributed by atoms with Gasteiger partial charge in [0, 0.05) is 19.5 Å². The molecule has 0 fully saturated rings. The van der Waals surface area contributed by atoms with Gasteiger partial charge in [-0.2, -0.15) is 0 Å². The van der Waals surface area contributed by atoms with Crippen LogP contribution in [0.2, 0.25) is 0 Å². The highest BCUT2D eigenvalue weighted by atomic mass is 15.0. The highest BCUT2D eigenvalue weighted by molar-refractivity contribution is 5.82. The first-order valence-corrected chi connectivity index (χ1v) is 8.70. The van der Waals surface area contributed by atoms with Gasteiger partial charge in [0.15, 0.2) is 0 Å². The van der Waals surface area contributed by atoms with Gasteiger partial charge in [-0.25, -0.2) is 0 Å². The summed E-state index contributed by atoms with van der Waals surface area (Å²) in [5.74, 6) is 1.27. The Morgan fingerprint density at radius 3 is 1.95 bits per heavy atom. The molecule has 1 aliphatic heterocycles. The predicted octanol–water partition coefficient (Wildman–Crippen LogP) is 5.08. The van der Waals surface area contributed by atoms with Crippen molar-refractivity contribution in [2.45, 2.75) is 90.4 Å². The molecule has 0 aromatic carbocycles. The molecule has 1 rings (SSSR count). The molecule has 0 amide bonds. The van der Waals surface area contributed by atoms with Gasteiger partial charge in [-0.1, -0.05) is 71.1 Å². The zero-order valence-electron chi connectivity index (χ0n) is 13.1. The lowest BCUT2D eigenvalue weighted by molar-refractivity contribution is 0.550. The fourth-order valence-corrected chi connectivity index (χ4v) is 2.71. The third-order valence-electron chi connectivity index (χ3n) is 3.98. The summed E-state index contributed by atoms with van der Waals surface area (Å²) in [4.78, 5) is 4.52. The minimum atomic E-state index is 1.04. The van der Waals surface area contributed by atoms with Gasteiger partial charge in [-0.3, -0.25) is 4.99 Å². The van der Waals surface area contributed by atoms with Crippen LogP contribution in [0, 0.1) is 0 Å². The molecule has 112 valence electrons. The first kappa shape index (κ1) is 16.5. The molecule has 0 bridgehead atoms. The molecule has 0 radical (unpaired) electrons. The van der Waals surface area contributed by atoms with Crippen molar-refractivity contribution in [3.05, 3.63) is 0 Å². The maximum atomic E-state index is 4.52. The van der Waals surface area contributed by atoms with E-state index in [0.29, 0.717) is 0 Å². The van der Waals surface area contributed by atoms with E-state index in [2.05, 4.69) is 17.2 Å². The Balaban J connectivity index is 1.75. The third kappa shape index (κ3) is 9.98. The molecule has 2 heteroatoms. The summed E-state index contributed by atoms with van der Waals surface area (Å²) < 4.78 is 0. The number of nitrogens with one attached hydrogen (secondary N) is 1. The lowest BCUT2D eigenvalue weighted by Crippen LogP contribution is -2.29. The third-order valence-corrected chi connectivity index (χ3v) is 3.98. The van der Waals surface area contributed by atoms with Crippen LogP contribution in [0.5, 0.6) is 0 Å². The van der Waals surface area contributed by atoms with E-state index in [9.17, 15) is 0 Å². The standard InChI is InChI=1S/C17H34N2/c1-2-3-4-5-6-7-8-9-10-11-12-14-17-18-15-13-16-19-17/h2-16H2,1H3,(H,18,19). The van der Waals surface area contributed by atoms with E-state index in [1.54, 1.807) is 0 Å². The number of rotatable bonds is 12. The summed E-state index contributed by atoms with van der Waals surface area (Å²) in [6.07, 6.45) is 18.0. The maximum absolute atomic E-state index is 4.52. The average molecular weight is 266 g/mol. The van der Waals surface area contributed by atoms with Crippen molar-refractivity contribution >= 4 is 5.84 Å². The minimum absolute atomic E-state index is 1.04. The van der Waals surface area contributed by atoms with E-state index >= 15 is 0 Å². The number of hydrogen-bond acceptors (Lipinski definition) is 2. The quantitative estimate of drug-likeness (QED) is 0.489. The number of amidine groups is 1. The molecule has 0 unspecified atom stereocenters. The number of nitrogens with zero attached hydrogens (tertiary/aromatic N) is 1. The Labute approximate surface area is 120 Å². The lowest BCUT2D eigenvalue weighted by atomic mass is 10.1. The molecule has 0 spiro atoms. The molecule has 1 heterocycles. The highest BCUT2D eigenvalue weighted by Gasteiger charge is 2.02. The monoisotopic (exact) mass is 266 g/mol. The van der Waals surface area contributed by atoms with Crippen molar-refractivity contribution in [1.82, 2.24) is 5.32 Å². The largest absolute Gasteiger partial charge is 0.374 e. The molecule has 19 heavy (non-hydrogen) atoms. The lowest BCUT2D eigenvalue weighted by Gasteiger charge is -2.14. The van der Waals surface area contributed by atoms with E-state index < -0.39 is 0 Å². The molecule has 0 aromatic rings. The molecule has 0 aromatic heterocycles. The second-order valence-electron chi connectivity index (χ2n) is 5.89. The zero-order valence-corrected chi connectivity index (χ0v) is 13.1. The predicted molar refractivity (Wildman–Crippen MR) is 86.0 cm³/mol. The van der Waals surface area contributed by atoms with Crippen molar-refractivity contribution in [2.75, 3.05) is 13.1 Å². The Kier molecular flexibility index (Phi) is 10.9. The molecule has 0 saturated carbocycles. The van der Waals surface area contributed by atoms with Crippen molar-refractivity contribution < 1.29 is 0 Å². The fraction of sp³-hybridized carbons (Fsp3) is 0.941. The van der Waals surface area contributed by atoms with Crippen molar-refractivity contribution in [1.29, 1.82) is 0 Å². The molecule has 1 N–H and O–H groups in total. The number of aliphatic imine (C=N–C) groups is 1. The summed E-state index contributed by atoms with van der Waals surface area (Å²) in [5.41, 5.74) is 0. The average Bonchev–Trinajstić information content (AvgIpc) is 2.46. The second-order valence-corrected chi connectivity index (χ2v) is 5.89. The van der Waals surface area contributed by atoms with E-state index in [0.717, 1.165) is 13.1 Å². The Hall–Kier alpha value is -0.530. The van der Waals surface area contributed by atoms with Gasteiger partial charge in [0.1, 0.15) is 0 Å². The Morgan fingerprint density at radius 2 is 1.42 bits per heavy atom. The molecule has 2 nitrogen and oxygen atoms in total. The van der Waals surface area contributed by atoms with Crippen molar-refractivity contribution in [2.24, 2.45) is 4.99 Å². The van der Waals surface area contributed by atoms with Gasteiger partial charge in [0.2, 0.25) is 0 Å². The van der Waals surface area contributed by atoms with Gasteiger partial charge >= 0.3 is 0 Å². The van der Waals surface area contributed by atoms with E-state index in [1.165, 1.54) is 89.3 Å². The van der Waals surface area contributed by atoms with E-state index in [4.69, 9.17) is 0 Å². The van der Waals surface area contributed by atoms with Crippen LogP contribution < -0.4 is 5.32 Å². The van der Waals surface area contributed by atoms with Crippen LogP contribution in [-0.4, -0.2) is 18.9 Å². The van der Waals surface area contributed by atoms with Crippen LogP contribution in [0.15, 0.2) is 4.99 Å². The summed E-state index contributed by atoms with van der Waals surface area (Å²) >= 11 is 0. The first-order valence-electron chi connectivity index (χ1n) is 8.70. The first-order chi connectivity index (χ1) is 9.43. The summed E-state index contributed by atoms with van der Waals surface area (Å²) in [5, 5.41) is 3.40. The van der Waals surface area contributed by atoms with E-state index in [-0.39, 0.29) is 0 Å². The minimum Gasteiger partial charge on any atom is -0.374 e. The van der Waals surface area contributed by atoms with Crippen LogP contribution >= 0.6 is 0 Å². The Bertz CT molecular complexity index is 223. The summed E-state index contributed by atoms with van der Waals surface area (Å²) in [6, 6.07) is 0. The molecule has 0 atom stereocenters. The van der Waals surface area contributed by atoms with Gasteiger partial charge in [0.25, 0.3) is 0 Å². The number of unbranched alkanes of at least 4 members (excludes halogenated alkanes) is 10. The van der Waals surface area contributed by atoms with Gasteiger partial charge < -0.3 is 5.32 Å². The highest BCUT2D eigenvalue weighted by Crippen LogP contribution is 2.12. The van der Waals surface area contributed by atoms with Crippen LogP contribution in [-0.2, 0) is 0 Å². The zero-order chi connectivity index (χ0) is 13.6. The molecule has 1 aliphatic rings. The molecule has 0 saturated heterocycles. The number of hydrogen-bond donors (Lipinski definition) is 1. The molecular formula is C17H34N2. The summed E-state index contributed by atoms with van der Waals surface area (Å²) in [6.45, 7) is 4.46. The van der Waals surface area contributed by atoms with Gasteiger partial charge in [-0.15, -0.1) is 0 Å². The topological polar surface area (TPSA) is 24.4 Å². The van der Waals surface area contributed by atoms with Crippen LogP contribution in [0.3, 0.4) is 0 Å².